The Morgan fingerprint density at radius 3 is 2.36 bits per heavy atom. The van der Waals surface area contributed by atoms with Crippen LogP contribution >= 0.6 is 15.9 Å². The zero-order valence-electron chi connectivity index (χ0n) is 9.19. The van der Waals surface area contributed by atoms with Crippen LogP contribution in [0.5, 0.6) is 0 Å². The maximum Gasteiger partial charge on any atom is 0.0523 e. The second kappa shape index (κ2) is 4.03. The zero-order chi connectivity index (χ0) is 10.9. The van der Waals surface area contributed by atoms with Crippen LogP contribution in [0.3, 0.4) is 0 Å². The number of halogens is 1. The minimum Gasteiger partial charge on any atom is -0.395 e. The van der Waals surface area contributed by atoms with Crippen molar-refractivity contribution >= 4 is 15.9 Å². The lowest BCUT2D eigenvalue weighted by Crippen LogP contribution is -2.24. The summed E-state index contributed by atoms with van der Waals surface area (Å²) in [6.07, 6.45) is 0. The van der Waals surface area contributed by atoms with Crippen molar-refractivity contribution in [3.8, 4) is 0 Å². The molecule has 0 aromatic heterocycles. The van der Waals surface area contributed by atoms with E-state index in [1.165, 1.54) is 16.7 Å². The first kappa shape index (κ1) is 11.7. The van der Waals surface area contributed by atoms with Gasteiger partial charge in [0.15, 0.2) is 0 Å². The van der Waals surface area contributed by atoms with Crippen LogP contribution in [0.2, 0.25) is 0 Å². The average Bonchev–Trinajstić information content (AvgIpc) is 2.12. The maximum atomic E-state index is 9.37. The Hall–Kier alpha value is -0.340. The van der Waals surface area contributed by atoms with Gasteiger partial charge in [-0.3, -0.25) is 0 Å². The van der Waals surface area contributed by atoms with Crippen molar-refractivity contribution in [3.63, 3.8) is 0 Å². The van der Waals surface area contributed by atoms with E-state index in [-0.39, 0.29) is 12.0 Å². The zero-order valence-corrected chi connectivity index (χ0v) is 10.8. The molecule has 1 rings (SSSR count). The molecule has 0 radical (unpaired) electrons. The van der Waals surface area contributed by atoms with Gasteiger partial charge in [-0.15, -0.1) is 0 Å². The molecule has 0 spiro atoms. The first-order valence-electron chi connectivity index (χ1n) is 4.77. The van der Waals surface area contributed by atoms with Gasteiger partial charge in [0, 0.05) is 9.89 Å². The fraction of sp³-hybridized carbons (Fsp3) is 0.500. The summed E-state index contributed by atoms with van der Waals surface area (Å²) in [7, 11) is 0. The Kier molecular flexibility index (Phi) is 3.38. The summed E-state index contributed by atoms with van der Waals surface area (Å²) in [5.74, 6) is 0. The molecule has 2 heteroatoms. The van der Waals surface area contributed by atoms with E-state index >= 15 is 0 Å². The molecule has 0 fully saturated rings. The van der Waals surface area contributed by atoms with Gasteiger partial charge < -0.3 is 5.11 Å². The van der Waals surface area contributed by atoms with Gasteiger partial charge in [-0.25, -0.2) is 0 Å². The van der Waals surface area contributed by atoms with Crippen LogP contribution < -0.4 is 0 Å². The Labute approximate surface area is 94.3 Å². The lowest BCUT2D eigenvalue weighted by Gasteiger charge is -2.26. The van der Waals surface area contributed by atoms with E-state index in [2.05, 4.69) is 55.8 Å². The van der Waals surface area contributed by atoms with Gasteiger partial charge in [0.25, 0.3) is 0 Å². The summed E-state index contributed by atoms with van der Waals surface area (Å²) in [6.45, 7) is 8.47. The Morgan fingerprint density at radius 1 is 1.29 bits per heavy atom. The van der Waals surface area contributed by atoms with Gasteiger partial charge in [-0.2, -0.15) is 0 Å². The summed E-state index contributed by atoms with van der Waals surface area (Å²) in [5.41, 5.74) is 3.55. The molecule has 14 heavy (non-hydrogen) atoms. The van der Waals surface area contributed by atoms with Gasteiger partial charge in [0.05, 0.1) is 6.61 Å². The molecule has 0 unspecified atom stereocenters. The SMILES string of the molecule is Cc1ccc(Br)c(C(C)(C)CO)c1C. The van der Waals surface area contributed by atoms with Crippen molar-refractivity contribution in [3.05, 3.63) is 33.3 Å². The van der Waals surface area contributed by atoms with Gasteiger partial charge >= 0.3 is 0 Å². The standard InChI is InChI=1S/C12H17BrO/c1-8-5-6-10(13)11(9(8)2)12(3,4)7-14/h5-6,14H,7H2,1-4H3. The summed E-state index contributed by atoms with van der Waals surface area (Å²) in [6, 6.07) is 4.14. The highest BCUT2D eigenvalue weighted by Crippen LogP contribution is 2.33. The third kappa shape index (κ3) is 2.01. The molecule has 0 atom stereocenters. The van der Waals surface area contributed by atoms with Crippen LogP contribution in [0.4, 0.5) is 0 Å². The molecule has 0 heterocycles. The Balaban J connectivity index is 3.40. The second-order valence-corrected chi connectivity index (χ2v) is 5.26. The van der Waals surface area contributed by atoms with Gasteiger partial charge in [0.1, 0.15) is 0 Å². The topological polar surface area (TPSA) is 20.2 Å². The smallest absolute Gasteiger partial charge is 0.0523 e. The fourth-order valence-corrected chi connectivity index (χ4v) is 2.66. The molecule has 0 bridgehead atoms. The van der Waals surface area contributed by atoms with Crippen LogP contribution in [-0.4, -0.2) is 11.7 Å². The summed E-state index contributed by atoms with van der Waals surface area (Å²) < 4.78 is 1.08. The summed E-state index contributed by atoms with van der Waals surface area (Å²) in [4.78, 5) is 0. The predicted octanol–water partition coefficient (Wildman–Crippen LogP) is 3.34. The molecule has 0 aliphatic rings. The van der Waals surface area contributed by atoms with Gasteiger partial charge in [-0.05, 0) is 36.6 Å². The maximum absolute atomic E-state index is 9.37. The molecule has 0 aliphatic carbocycles. The number of rotatable bonds is 2. The quantitative estimate of drug-likeness (QED) is 0.861. The number of hydrogen-bond donors (Lipinski definition) is 1. The number of aliphatic hydroxyl groups is 1. The van der Waals surface area contributed by atoms with Crippen LogP contribution in [0.1, 0.15) is 30.5 Å². The monoisotopic (exact) mass is 256 g/mol. The third-order valence-electron chi connectivity index (χ3n) is 2.76. The largest absolute Gasteiger partial charge is 0.395 e. The number of hydrogen-bond acceptors (Lipinski definition) is 1. The van der Waals surface area contributed by atoms with Crippen molar-refractivity contribution in [1.82, 2.24) is 0 Å². The van der Waals surface area contributed by atoms with Gasteiger partial charge in [0.2, 0.25) is 0 Å². The average molecular weight is 257 g/mol. The summed E-state index contributed by atoms with van der Waals surface area (Å²) >= 11 is 3.55. The Bertz CT molecular complexity index is 342. The van der Waals surface area contributed by atoms with Crippen molar-refractivity contribution in [2.24, 2.45) is 0 Å². The van der Waals surface area contributed by atoms with E-state index in [0.717, 1.165) is 4.47 Å². The highest BCUT2D eigenvalue weighted by atomic mass is 79.9. The third-order valence-corrected chi connectivity index (χ3v) is 3.42. The van der Waals surface area contributed by atoms with Crippen molar-refractivity contribution < 1.29 is 5.11 Å². The molecule has 78 valence electrons. The van der Waals surface area contributed by atoms with E-state index in [0.29, 0.717) is 0 Å². The first-order chi connectivity index (χ1) is 6.40. The van der Waals surface area contributed by atoms with E-state index in [1.54, 1.807) is 0 Å². The molecule has 1 aromatic rings. The Morgan fingerprint density at radius 2 is 1.86 bits per heavy atom. The predicted molar refractivity (Wildman–Crippen MR) is 63.7 cm³/mol. The molecule has 1 nitrogen and oxygen atoms in total. The van der Waals surface area contributed by atoms with E-state index in [4.69, 9.17) is 0 Å². The molecule has 1 aromatic carbocycles. The van der Waals surface area contributed by atoms with E-state index in [9.17, 15) is 5.11 Å². The van der Waals surface area contributed by atoms with Crippen LogP contribution in [0.25, 0.3) is 0 Å². The lowest BCUT2D eigenvalue weighted by molar-refractivity contribution is 0.217. The van der Waals surface area contributed by atoms with E-state index in [1.807, 2.05) is 0 Å². The van der Waals surface area contributed by atoms with Crippen molar-refractivity contribution in [1.29, 1.82) is 0 Å². The molecule has 0 saturated heterocycles. The number of aryl methyl sites for hydroxylation is 1. The number of benzene rings is 1. The van der Waals surface area contributed by atoms with E-state index < -0.39 is 0 Å². The van der Waals surface area contributed by atoms with Gasteiger partial charge in [-0.1, -0.05) is 35.8 Å². The molecular formula is C12H17BrO. The number of aliphatic hydroxyl groups excluding tert-OH is 1. The van der Waals surface area contributed by atoms with Crippen molar-refractivity contribution in [2.45, 2.75) is 33.1 Å². The highest BCUT2D eigenvalue weighted by Gasteiger charge is 2.24. The molecule has 0 amide bonds. The molecule has 0 saturated carbocycles. The summed E-state index contributed by atoms with van der Waals surface area (Å²) in [5, 5.41) is 9.37. The van der Waals surface area contributed by atoms with Crippen LogP contribution in [0.15, 0.2) is 16.6 Å². The minimum absolute atomic E-state index is 0.163. The second-order valence-electron chi connectivity index (χ2n) is 4.41. The first-order valence-corrected chi connectivity index (χ1v) is 5.56. The normalized spacial score (nSPS) is 11.9. The molecule has 1 N–H and O–H groups in total. The minimum atomic E-state index is -0.186. The van der Waals surface area contributed by atoms with Crippen LogP contribution in [-0.2, 0) is 5.41 Å². The highest BCUT2D eigenvalue weighted by molar-refractivity contribution is 9.10. The lowest BCUT2D eigenvalue weighted by atomic mass is 9.82. The van der Waals surface area contributed by atoms with Crippen molar-refractivity contribution in [2.75, 3.05) is 6.61 Å². The fourth-order valence-electron chi connectivity index (χ4n) is 1.69. The molecular weight excluding hydrogens is 240 g/mol. The van der Waals surface area contributed by atoms with Crippen LogP contribution in [0, 0.1) is 13.8 Å². The molecule has 0 aliphatic heterocycles.